The van der Waals surface area contributed by atoms with Gasteiger partial charge < -0.3 is 10.2 Å². The normalized spacial score (nSPS) is 13.1. The Morgan fingerprint density at radius 2 is 2.00 bits per heavy atom. The number of nitrogens with one attached hydrogen (secondary N) is 1. The first kappa shape index (κ1) is 13.2. The van der Waals surface area contributed by atoms with Crippen molar-refractivity contribution in [3.63, 3.8) is 0 Å². The molecule has 16 heavy (non-hydrogen) atoms. The van der Waals surface area contributed by atoms with E-state index in [0.29, 0.717) is 6.04 Å². The van der Waals surface area contributed by atoms with Crippen LogP contribution in [0, 0.1) is 6.92 Å². The molecule has 90 valence electrons. The summed E-state index contributed by atoms with van der Waals surface area (Å²) in [6.07, 6.45) is 1.18. The van der Waals surface area contributed by atoms with Crippen molar-refractivity contribution in [2.45, 2.75) is 32.9 Å². The number of hydrogen-bond acceptors (Lipinski definition) is 2. The fourth-order valence-electron chi connectivity index (χ4n) is 1.94. The van der Waals surface area contributed by atoms with Gasteiger partial charge in [-0.15, -0.1) is 0 Å². The molecule has 0 saturated carbocycles. The molecular formula is C14H24N2. The zero-order chi connectivity index (χ0) is 12.0. The standard InChI is InChI=1S/C14H24N2/c1-5-14(15-3)11-16(4)10-13-9-7-6-8-12(13)2/h6-9,14-15H,5,10-11H2,1-4H3. The Morgan fingerprint density at radius 1 is 1.31 bits per heavy atom. The molecule has 0 amide bonds. The molecule has 1 aromatic rings. The Labute approximate surface area is 99.7 Å². The summed E-state index contributed by atoms with van der Waals surface area (Å²) in [7, 11) is 4.22. The molecule has 0 aliphatic rings. The molecular weight excluding hydrogens is 196 g/mol. The van der Waals surface area contributed by atoms with Crippen molar-refractivity contribution in [3.05, 3.63) is 35.4 Å². The fraction of sp³-hybridized carbons (Fsp3) is 0.571. The van der Waals surface area contributed by atoms with Gasteiger partial charge >= 0.3 is 0 Å². The summed E-state index contributed by atoms with van der Waals surface area (Å²) < 4.78 is 0. The van der Waals surface area contributed by atoms with Gasteiger partial charge in [0, 0.05) is 19.1 Å². The Balaban J connectivity index is 2.51. The summed E-state index contributed by atoms with van der Waals surface area (Å²) in [6, 6.07) is 9.20. The average Bonchev–Trinajstić information content (AvgIpc) is 2.29. The monoisotopic (exact) mass is 220 g/mol. The van der Waals surface area contributed by atoms with Crippen LogP contribution in [-0.4, -0.2) is 31.6 Å². The van der Waals surface area contributed by atoms with E-state index >= 15 is 0 Å². The molecule has 0 bridgehead atoms. The van der Waals surface area contributed by atoms with Gasteiger partial charge in [-0.3, -0.25) is 0 Å². The van der Waals surface area contributed by atoms with Gasteiger partial charge in [-0.25, -0.2) is 0 Å². The summed E-state index contributed by atoms with van der Waals surface area (Å²) in [4.78, 5) is 2.38. The second-order valence-corrected chi connectivity index (χ2v) is 4.52. The molecule has 0 radical (unpaired) electrons. The quantitative estimate of drug-likeness (QED) is 0.792. The van der Waals surface area contributed by atoms with E-state index in [1.165, 1.54) is 17.5 Å². The van der Waals surface area contributed by atoms with Crippen molar-refractivity contribution in [1.82, 2.24) is 10.2 Å². The van der Waals surface area contributed by atoms with Gasteiger partial charge in [-0.1, -0.05) is 31.2 Å². The summed E-state index contributed by atoms with van der Waals surface area (Å²) in [6.45, 7) is 6.54. The molecule has 1 unspecified atom stereocenters. The largest absolute Gasteiger partial charge is 0.316 e. The molecule has 0 spiro atoms. The zero-order valence-electron chi connectivity index (χ0n) is 11.0. The highest BCUT2D eigenvalue weighted by molar-refractivity contribution is 5.25. The highest BCUT2D eigenvalue weighted by Crippen LogP contribution is 2.09. The Morgan fingerprint density at radius 3 is 2.56 bits per heavy atom. The number of aryl methyl sites for hydroxylation is 1. The number of nitrogens with zero attached hydrogens (tertiary/aromatic N) is 1. The molecule has 0 saturated heterocycles. The van der Waals surface area contributed by atoms with Crippen LogP contribution in [0.1, 0.15) is 24.5 Å². The minimum atomic E-state index is 0.592. The first-order chi connectivity index (χ1) is 7.67. The van der Waals surface area contributed by atoms with E-state index in [0.717, 1.165) is 13.1 Å². The van der Waals surface area contributed by atoms with Crippen LogP contribution >= 0.6 is 0 Å². The summed E-state index contributed by atoms with van der Waals surface area (Å²) >= 11 is 0. The summed E-state index contributed by atoms with van der Waals surface area (Å²) in [5, 5.41) is 3.34. The van der Waals surface area contributed by atoms with Gasteiger partial charge in [0.1, 0.15) is 0 Å². The molecule has 0 aliphatic carbocycles. The van der Waals surface area contributed by atoms with E-state index in [-0.39, 0.29) is 0 Å². The van der Waals surface area contributed by atoms with Crippen LogP contribution in [0.5, 0.6) is 0 Å². The summed E-state index contributed by atoms with van der Waals surface area (Å²) in [5.41, 5.74) is 2.81. The third kappa shape index (κ3) is 3.95. The van der Waals surface area contributed by atoms with Gasteiger partial charge in [-0.05, 0) is 38.6 Å². The molecule has 0 aliphatic heterocycles. The fourth-order valence-corrected chi connectivity index (χ4v) is 1.94. The van der Waals surface area contributed by atoms with Gasteiger partial charge in [0.25, 0.3) is 0 Å². The molecule has 0 aromatic heterocycles. The van der Waals surface area contributed by atoms with Crippen LogP contribution in [0.25, 0.3) is 0 Å². The molecule has 1 aromatic carbocycles. The number of likely N-dealkylation sites (N-methyl/N-ethyl adjacent to an activating group) is 2. The molecule has 1 atom stereocenters. The molecule has 2 heteroatoms. The zero-order valence-corrected chi connectivity index (χ0v) is 11.0. The SMILES string of the molecule is CCC(CN(C)Cc1ccccc1C)NC. The Bertz CT molecular complexity index is 305. The summed E-state index contributed by atoms with van der Waals surface area (Å²) in [5.74, 6) is 0. The van der Waals surface area contributed by atoms with E-state index in [9.17, 15) is 0 Å². The predicted octanol–water partition coefficient (Wildman–Crippen LogP) is 2.42. The third-order valence-electron chi connectivity index (χ3n) is 3.13. The number of hydrogen-bond donors (Lipinski definition) is 1. The topological polar surface area (TPSA) is 15.3 Å². The van der Waals surface area contributed by atoms with Crippen LogP contribution < -0.4 is 5.32 Å². The second-order valence-electron chi connectivity index (χ2n) is 4.52. The van der Waals surface area contributed by atoms with Crippen LogP contribution in [0.15, 0.2) is 24.3 Å². The Hall–Kier alpha value is -0.860. The molecule has 2 nitrogen and oxygen atoms in total. The van der Waals surface area contributed by atoms with E-state index in [1.54, 1.807) is 0 Å². The van der Waals surface area contributed by atoms with Crippen molar-refractivity contribution in [2.24, 2.45) is 0 Å². The maximum atomic E-state index is 3.34. The second kappa shape index (κ2) is 6.66. The van der Waals surface area contributed by atoms with Gasteiger partial charge in [0.2, 0.25) is 0 Å². The lowest BCUT2D eigenvalue weighted by Crippen LogP contribution is -2.36. The van der Waals surface area contributed by atoms with Crippen molar-refractivity contribution < 1.29 is 0 Å². The minimum Gasteiger partial charge on any atom is -0.316 e. The van der Waals surface area contributed by atoms with E-state index < -0.39 is 0 Å². The van der Waals surface area contributed by atoms with E-state index in [2.05, 4.69) is 55.4 Å². The van der Waals surface area contributed by atoms with Gasteiger partial charge in [0.05, 0.1) is 0 Å². The van der Waals surface area contributed by atoms with Crippen molar-refractivity contribution in [1.29, 1.82) is 0 Å². The lowest BCUT2D eigenvalue weighted by molar-refractivity contribution is 0.283. The third-order valence-corrected chi connectivity index (χ3v) is 3.13. The maximum Gasteiger partial charge on any atom is 0.0233 e. The first-order valence-electron chi connectivity index (χ1n) is 6.07. The van der Waals surface area contributed by atoms with E-state index in [4.69, 9.17) is 0 Å². The van der Waals surface area contributed by atoms with Crippen molar-refractivity contribution in [3.8, 4) is 0 Å². The van der Waals surface area contributed by atoms with Gasteiger partial charge in [0.15, 0.2) is 0 Å². The highest BCUT2D eigenvalue weighted by Gasteiger charge is 2.08. The van der Waals surface area contributed by atoms with Crippen molar-refractivity contribution in [2.75, 3.05) is 20.6 Å². The molecule has 1 rings (SSSR count). The number of rotatable bonds is 6. The first-order valence-corrected chi connectivity index (χ1v) is 6.07. The van der Waals surface area contributed by atoms with Gasteiger partial charge in [-0.2, -0.15) is 0 Å². The maximum absolute atomic E-state index is 3.34. The lowest BCUT2D eigenvalue weighted by atomic mass is 10.1. The average molecular weight is 220 g/mol. The van der Waals surface area contributed by atoms with Crippen LogP contribution in [0.3, 0.4) is 0 Å². The number of benzene rings is 1. The van der Waals surface area contributed by atoms with Crippen molar-refractivity contribution >= 4 is 0 Å². The van der Waals surface area contributed by atoms with Crippen LogP contribution in [-0.2, 0) is 6.54 Å². The van der Waals surface area contributed by atoms with E-state index in [1.807, 2.05) is 7.05 Å². The smallest absolute Gasteiger partial charge is 0.0233 e. The molecule has 0 heterocycles. The van der Waals surface area contributed by atoms with Crippen LogP contribution in [0.4, 0.5) is 0 Å². The lowest BCUT2D eigenvalue weighted by Gasteiger charge is -2.23. The van der Waals surface area contributed by atoms with Crippen LogP contribution in [0.2, 0.25) is 0 Å². The molecule has 0 fully saturated rings. The minimum absolute atomic E-state index is 0.592. The Kier molecular flexibility index (Phi) is 5.50. The highest BCUT2D eigenvalue weighted by atomic mass is 15.1. The molecule has 1 N–H and O–H groups in total. The predicted molar refractivity (Wildman–Crippen MR) is 70.7 cm³/mol.